The molecule has 0 bridgehead atoms. The van der Waals surface area contributed by atoms with Crippen molar-refractivity contribution in [1.82, 2.24) is 30.7 Å². The lowest BCUT2D eigenvalue weighted by Gasteiger charge is -2.36. The van der Waals surface area contributed by atoms with E-state index in [-0.39, 0.29) is 18.1 Å². The highest BCUT2D eigenvalue weighted by Gasteiger charge is 2.31. The number of nitrogens with one attached hydrogen (secondary N) is 4. The summed E-state index contributed by atoms with van der Waals surface area (Å²) in [6.07, 6.45) is 14.1. The minimum Gasteiger partial charge on any atom is -0.378 e. The molecule has 0 radical (unpaired) electrons. The number of benzene rings is 1. The maximum Gasteiger partial charge on any atom is 0.251 e. The predicted octanol–water partition coefficient (Wildman–Crippen LogP) is 4.33. The number of hydrogen-bond donors (Lipinski definition) is 4. The van der Waals surface area contributed by atoms with E-state index in [2.05, 4.69) is 43.1 Å². The van der Waals surface area contributed by atoms with Gasteiger partial charge in [0.1, 0.15) is 12.1 Å². The Morgan fingerprint density at radius 3 is 2.67 bits per heavy atom. The zero-order chi connectivity index (χ0) is 27.7. The first kappa shape index (κ1) is 29.0. The van der Waals surface area contributed by atoms with Crippen LogP contribution in [0.15, 0.2) is 24.3 Å². The molecule has 2 aromatic rings. The normalized spacial score (nSPS) is 26.6. The number of aromatic nitrogens is 3. The molecule has 1 amide bonds. The number of anilines is 1. The first-order valence-electron chi connectivity index (χ1n) is 15.6. The fourth-order valence-corrected chi connectivity index (χ4v) is 7.01. The standard InChI is InChI=1S/C31H49N7O2/c1-38-28(36-37-29(38)23-15-17-32-27(19-23)22-10-6-4-3-5-7-11-22)21-34-26-14-8-12-24(18-26)30(39)35-20-25-13-9-16-33-31(25)40-2/h8,12,14,18,22-23,25,27,31-34H,3-7,9-11,13,15-17,19-21H2,1-2H3,(H,35,39). The number of methoxy groups -OCH3 is 1. The van der Waals surface area contributed by atoms with E-state index in [0.717, 1.165) is 62.0 Å². The second-order valence-corrected chi connectivity index (χ2v) is 12.1. The molecule has 1 aromatic heterocycles. The highest BCUT2D eigenvalue weighted by atomic mass is 16.5. The second kappa shape index (κ2) is 14.4. The molecule has 2 aliphatic heterocycles. The minimum atomic E-state index is -0.0604. The molecule has 1 aromatic carbocycles. The van der Waals surface area contributed by atoms with Gasteiger partial charge in [-0.15, -0.1) is 10.2 Å². The van der Waals surface area contributed by atoms with Crippen LogP contribution >= 0.6 is 0 Å². The molecule has 9 heteroatoms. The second-order valence-electron chi connectivity index (χ2n) is 12.1. The Morgan fingerprint density at radius 1 is 1.02 bits per heavy atom. The molecule has 1 aliphatic carbocycles. The van der Waals surface area contributed by atoms with E-state index < -0.39 is 0 Å². The lowest BCUT2D eigenvalue weighted by atomic mass is 9.79. The van der Waals surface area contributed by atoms with Crippen molar-refractivity contribution in [3.63, 3.8) is 0 Å². The summed E-state index contributed by atoms with van der Waals surface area (Å²) in [4.78, 5) is 12.9. The van der Waals surface area contributed by atoms with Gasteiger partial charge in [0.05, 0.1) is 6.54 Å². The van der Waals surface area contributed by atoms with Gasteiger partial charge < -0.3 is 25.3 Å². The van der Waals surface area contributed by atoms with Gasteiger partial charge in [0, 0.05) is 49.8 Å². The lowest BCUT2D eigenvalue weighted by molar-refractivity contribution is 0.00679. The van der Waals surface area contributed by atoms with Gasteiger partial charge in [0.25, 0.3) is 5.91 Å². The van der Waals surface area contributed by atoms with Crippen molar-refractivity contribution in [2.75, 3.05) is 32.1 Å². The third-order valence-corrected chi connectivity index (χ3v) is 9.40. The smallest absolute Gasteiger partial charge is 0.251 e. The molecular weight excluding hydrogens is 502 g/mol. The highest BCUT2D eigenvalue weighted by molar-refractivity contribution is 5.95. The number of piperidine rings is 2. The van der Waals surface area contributed by atoms with E-state index in [1.807, 2.05) is 24.3 Å². The van der Waals surface area contributed by atoms with Crippen molar-refractivity contribution in [1.29, 1.82) is 0 Å². The van der Waals surface area contributed by atoms with Crippen LogP contribution in [0.1, 0.15) is 98.6 Å². The third-order valence-electron chi connectivity index (χ3n) is 9.40. The lowest BCUT2D eigenvalue weighted by Crippen LogP contribution is -2.47. The number of rotatable bonds is 9. The minimum absolute atomic E-state index is 0.00417. The largest absolute Gasteiger partial charge is 0.378 e. The molecule has 3 heterocycles. The number of hydrogen-bond acceptors (Lipinski definition) is 7. The summed E-state index contributed by atoms with van der Waals surface area (Å²) in [5, 5.41) is 23.0. The maximum atomic E-state index is 12.9. The van der Waals surface area contributed by atoms with Crippen molar-refractivity contribution in [2.24, 2.45) is 18.9 Å². The topological polar surface area (TPSA) is 105 Å². The van der Waals surface area contributed by atoms with Gasteiger partial charge in [-0.05, 0) is 75.7 Å². The van der Waals surface area contributed by atoms with Gasteiger partial charge in [-0.3, -0.25) is 10.1 Å². The summed E-state index contributed by atoms with van der Waals surface area (Å²) in [5.41, 5.74) is 1.55. The van der Waals surface area contributed by atoms with Crippen LogP contribution in [0, 0.1) is 11.8 Å². The highest BCUT2D eigenvalue weighted by Crippen LogP contribution is 2.34. The van der Waals surface area contributed by atoms with Crippen LogP contribution in [0.5, 0.6) is 0 Å². The predicted molar refractivity (Wildman–Crippen MR) is 158 cm³/mol. The number of carbonyl (C=O) groups excluding carboxylic acids is 1. The molecule has 9 nitrogen and oxygen atoms in total. The van der Waals surface area contributed by atoms with E-state index in [1.165, 1.54) is 44.9 Å². The van der Waals surface area contributed by atoms with Crippen molar-refractivity contribution in [2.45, 2.75) is 95.4 Å². The molecular formula is C31H49N7O2. The fourth-order valence-electron chi connectivity index (χ4n) is 7.01. The van der Waals surface area contributed by atoms with Crippen molar-refractivity contribution in [3.05, 3.63) is 41.5 Å². The Kier molecular flexibility index (Phi) is 10.5. The molecule has 220 valence electrons. The van der Waals surface area contributed by atoms with Gasteiger partial charge in [-0.25, -0.2) is 0 Å². The maximum absolute atomic E-state index is 12.9. The zero-order valence-electron chi connectivity index (χ0n) is 24.5. The first-order chi connectivity index (χ1) is 19.6. The van der Waals surface area contributed by atoms with Crippen molar-refractivity contribution >= 4 is 11.6 Å². The molecule has 2 saturated heterocycles. The van der Waals surface area contributed by atoms with Gasteiger partial charge in [-0.1, -0.05) is 38.2 Å². The van der Waals surface area contributed by atoms with Crippen LogP contribution < -0.4 is 21.3 Å². The molecule has 0 spiro atoms. The van der Waals surface area contributed by atoms with Crippen LogP contribution in [0.4, 0.5) is 5.69 Å². The molecule has 4 atom stereocenters. The van der Waals surface area contributed by atoms with E-state index >= 15 is 0 Å². The van der Waals surface area contributed by atoms with Gasteiger partial charge in [-0.2, -0.15) is 0 Å². The number of amides is 1. The average molecular weight is 552 g/mol. The van der Waals surface area contributed by atoms with Gasteiger partial charge >= 0.3 is 0 Å². The Bertz CT molecular complexity index is 1080. The van der Waals surface area contributed by atoms with Crippen LogP contribution in [-0.4, -0.2) is 59.7 Å². The summed E-state index contributed by atoms with van der Waals surface area (Å²) in [7, 11) is 3.81. The molecule has 3 fully saturated rings. The van der Waals surface area contributed by atoms with Crippen molar-refractivity contribution < 1.29 is 9.53 Å². The van der Waals surface area contributed by atoms with Crippen LogP contribution in [-0.2, 0) is 18.3 Å². The summed E-state index contributed by atoms with van der Waals surface area (Å²) in [6.45, 7) is 3.18. The Labute approximate surface area is 239 Å². The Morgan fingerprint density at radius 2 is 1.85 bits per heavy atom. The van der Waals surface area contributed by atoms with E-state index in [9.17, 15) is 4.79 Å². The summed E-state index contributed by atoms with van der Waals surface area (Å²) < 4.78 is 7.72. The van der Waals surface area contributed by atoms with Crippen LogP contribution in [0.3, 0.4) is 0 Å². The monoisotopic (exact) mass is 551 g/mol. The third kappa shape index (κ3) is 7.42. The Hall–Kier alpha value is -2.49. The van der Waals surface area contributed by atoms with E-state index in [1.54, 1.807) is 7.11 Å². The summed E-state index contributed by atoms with van der Waals surface area (Å²) in [6, 6.07) is 8.28. The Balaban J connectivity index is 1.14. The summed E-state index contributed by atoms with van der Waals surface area (Å²) >= 11 is 0. The zero-order valence-corrected chi connectivity index (χ0v) is 24.5. The molecule has 4 unspecified atom stereocenters. The van der Waals surface area contributed by atoms with Gasteiger partial charge in [0.15, 0.2) is 5.82 Å². The summed E-state index contributed by atoms with van der Waals surface area (Å²) in [5.74, 6) is 3.49. The van der Waals surface area contributed by atoms with Crippen LogP contribution in [0.2, 0.25) is 0 Å². The van der Waals surface area contributed by atoms with Gasteiger partial charge in [0.2, 0.25) is 0 Å². The molecule has 4 N–H and O–H groups in total. The van der Waals surface area contributed by atoms with E-state index in [0.29, 0.717) is 30.6 Å². The molecule has 40 heavy (non-hydrogen) atoms. The molecule has 3 aliphatic rings. The number of ether oxygens (including phenoxy) is 1. The van der Waals surface area contributed by atoms with Crippen molar-refractivity contribution in [3.8, 4) is 0 Å². The van der Waals surface area contributed by atoms with Crippen LogP contribution in [0.25, 0.3) is 0 Å². The first-order valence-corrected chi connectivity index (χ1v) is 15.6. The quantitative estimate of drug-likeness (QED) is 0.368. The average Bonchev–Trinajstić information content (AvgIpc) is 3.35. The fraction of sp³-hybridized carbons (Fsp3) is 0.710. The number of nitrogens with zero attached hydrogens (tertiary/aromatic N) is 3. The SMILES string of the molecule is COC1NCCCC1CNC(=O)c1cccc(NCc2nnc(C3CCNC(C4CCCCCCC4)C3)n2C)c1. The molecule has 1 saturated carbocycles. The number of carbonyl (C=O) groups is 1. The molecule has 5 rings (SSSR count). The van der Waals surface area contributed by atoms with E-state index in [4.69, 9.17) is 4.74 Å².